The zero-order chi connectivity index (χ0) is 11.1. The topological polar surface area (TPSA) is 12.0 Å². The van der Waals surface area contributed by atoms with Gasteiger partial charge in [-0.05, 0) is 44.2 Å². The molecule has 1 aliphatic heterocycles. The van der Waals surface area contributed by atoms with Crippen LogP contribution in [0.4, 0.5) is 0 Å². The summed E-state index contributed by atoms with van der Waals surface area (Å²) in [7, 11) is 0. The van der Waals surface area contributed by atoms with Gasteiger partial charge in [0.15, 0.2) is 0 Å². The van der Waals surface area contributed by atoms with Crippen molar-refractivity contribution in [1.29, 1.82) is 0 Å². The molecule has 0 saturated heterocycles. The van der Waals surface area contributed by atoms with Crippen molar-refractivity contribution in [2.75, 3.05) is 0 Å². The first-order chi connectivity index (χ1) is 6.99. The molecule has 2 rings (SSSR count). The normalized spacial score (nSPS) is 29.3. The SMILES string of the molecule is CC1CC(C)(C)NC(C)c2ccccc21. The van der Waals surface area contributed by atoms with E-state index in [2.05, 4.69) is 57.3 Å². The Morgan fingerprint density at radius 1 is 1.13 bits per heavy atom. The minimum Gasteiger partial charge on any atom is -0.305 e. The lowest BCUT2D eigenvalue weighted by Crippen LogP contribution is -2.39. The van der Waals surface area contributed by atoms with Gasteiger partial charge in [-0.1, -0.05) is 31.2 Å². The molecule has 0 bridgehead atoms. The van der Waals surface area contributed by atoms with Crippen LogP contribution in [-0.2, 0) is 0 Å². The van der Waals surface area contributed by atoms with Gasteiger partial charge in [0.25, 0.3) is 0 Å². The molecule has 1 aromatic carbocycles. The molecule has 1 heteroatoms. The Balaban J connectivity index is 2.45. The van der Waals surface area contributed by atoms with Crippen molar-refractivity contribution >= 4 is 0 Å². The van der Waals surface area contributed by atoms with Gasteiger partial charge < -0.3 is 5.32 Å². The van der Waals surface area contributed by atoms with Crippen LogP contribution in [0.2, 0.25) is 0 Å². The molecule has 1 nitrogen and oxygen atoms in total. The van der Waals surface area contributed by atoms with Gasteiger partial charge in [0.1, 0.15) is 0 Å². The van der Waals surface area contributed by atoms with Gasteiger partial charge >= 0.3 is 0 Å². The van der Waals surface area contributed by atoms with E-state index in [1.165, 1.54) is 17.5 Å². The molecule has 0 radical (unpaired) electrons. The van der Waals surface area contributed by atoms with Gasteiger partial charge in [0.2, 0.25) is 0 Å². The molecule has 2 atom stereocenters. The number of hydrogen-bond donors (Lipinski definition) is 1. The summed E-state index contributed by atoms with van der Waals surface area (Å²) in [4.78, 5) is 0. The molecule has 2 unspecified atom stereocenters. The third kappa shape index (κ3) is 2.07. The second-order valence-electron chi connectivity index (χ2n) is 5.48. The van der Waals surface area contributed by atoms with Gasteiger partial charge in [-0.3, -0.25) is 0 Å². The van der Waals surface area contributed by atoms with Crippen LogP contribution in [0.3, 0.4) is 0 Å². The predicted molar refractivity (Wildman–Crippen MR) is 65.1 cm³/mol. The summed E-state index contributed by atoms with van der Waals surface area (Å²) in [5.74, 6) is 0.647. The molecule has 1 heterocycles. The van der Waals surface area contributed by atoms with Crippen molar-refractivity contribution in [2.45, 2.75) is 51.6 Å². The Kier molecular flexibility index (Phi) is 2.59. The van der Waals surface area contributed by atoms with E-state index in [0.717, 1.165) is 0 Å². The predicted octanol–water partition coefficient (Wildman–Crippen LogP) is 3.62. The maximum Gasteiger partial charge on any atom is 0.0299 e. The number of rotatable bonds is 0. The fourth-order valence-corrected chi connectivity index (χ4v) is 2.95. The Bertz CT molecular complexity index is 321. The molecule has 1 aliphatic rings. The van der Waals surface area contributed by atoms with Crippen molar-refractivity contribution < 1.29 is 0 Å². The lowest BCUT2D eigenvalue weighted by atomic mass is 9.87. The molecule has 1 N–H and O–H groups in total. The summed E-state index contributed by atoms with van der Waals surface area (Å²) in [5, 5.41) is 3.70. The van der Waals surface area contributed by atoms with Crippen LogP contribution >= 0.6 is 0 Å². The summed E-state index contributed by atoms with van der Waals surface area (Å²) in [6.07, 6.45) is 1.20. The van der Waals surface area contributed by atoms with Crippen LogP contribution in [0.15, 0.2) is 24.3 Å². The quantitative estimate of drug-likeness (QED) is 0.679. The summed E-state index contributed by atoms with van der Waals surface area (Å²) in [5.41, 5.74) is 3.22. The molecule has 0 fully saturated rings. The highest BCUT2D eigenvalue weighted by Gasteiger charge is 2.29. The molecule has 82 valence electrons. The van der Waals surface area contributed by atoms with E-state index >= 15 is 0 Å². The zero-order valence-corrected chi connectivity index (χ0v) is 10.2. The number of fused-ring (bicyclic) bond motifs is 1. The number of benzene rings is 1. The summed E-state index contributed by atoms with van der Waals surface area (Å²) >= 11 is 0. The standard InChI is InChI=1S/C14H21N/c1-10-9-14(3,4)15-11(2)13-8-6-5-7-12(10)13/h5-8,10-11,15H,9H2,1-4H3. The summed E-state index contributed by atoms with van der Waals surface area (Å²) < 4.78 is 0. The van der Waals surface area contributed by atoms with E-state index in [4.69, 9.17) is 0 Å². The first-order valence-electron chi connectivity index (χ1n) is 5.86. The van der Waals surface area contributed by atoms with Crippen molar-refractivity contribution in [2.24, 2.45) is 0 Å². The van der Waals surface area contributed by atoms with E-state index in [1.54, 1.807) is 0 Å². The Morgan fingerprint density at radius 3 is 2.40 bits per heavy atom. The first-order valence-corrected chi connectivity index (χ1v) is 5.86. The lowest BCUT2D eigenvalue weighted by molar-refractivity contribution is 0.325. The molecule has 0 spiro atoms. The molecule has 0 aliphatic carbocycles. The maximum atomic E-state index is 3.70. The molecule has 15 heavy (non-hydrogen) atoms. The average molecular weight is 203 g/mol. The zero-order valence-electron chi connectivity index (χ0n) is 10.2. The fourth-order valence-electron chi connectivity index (χ4n) is 2.95. The molecule has 0 amide bonds. The maximum absolute atomic E-state index is 3.70. The molecule has 0 saturated carbocycles. The Morgan fingerprint density at radius 2 is 1.73 bits per heavy atom. The fraction of sp³-hybridized carbons (Fsp3) is 0.571. The minimum absolute atomic E-state index is 0.234. The molecule has 1 aromatic rings. The Hall–Kier alpha value is -0.820. The van der Waals surface area contributed by atoms with E-state index in [9.17, 15) is 0 Å². The monoisotopic (exact) mass is 203 g/mol. The highest BCUT2D eigenvalue weighted by atomic mass is 15.0. The summed E-state index contributed by atoms with van der Waals surface area (Å²) in [6.45, 7) is 9.19. The van der Waals surface area contributed by atoms with Crippen molar-refractivity contribution in [3.8, 4) is 0 Å². The molecule has 0 aromatic heterocycles. The van der Waals surface area contributed by atoms with Crippen molar-refractivity contribution in [3.63, 3.8) is 0 Å². The number of nitrogens with one attached hydrogen (secondary N) is 1. The van der Waals surface area contributed by atoms with E-state index < -0.39 is 0 Å². The second kappa shape index (κ2) is 3.64. The van der Waals surface area contributed by atoms with Crippen molar-refractivity contribution in [1.82, 2.24) is 5.32 Å². The highest BCUT2D eigenvalue weighted by Crippen LogP contribution is 2.35. The van der Waals surface area contributed by atoms with Gasteiger partial charge in [0.05, 0.1) is 0 Å². The van der Waals surface area contributed by atoms with Crippen LogP contribution in [0.5, 0.6) is 0 Å². The molecular formula is C14H21N. The Labute approximate surface area is 92.9 Å². The van der Waals surface area contributed by atoms with Crippen LogP contribution in [0.25, 0.3) is 0 Å². The highest BCUT2D eigenvalue weighted by molar-refractivity contribution is 5.34. The average Bonchev–Trinajstić information content (AvgIpc) is 2.23. The van der Waals surface area contributed by atoms with Crippen molar-refractivity contribution in [3.05, 3.63) is 35.4 Å². The van der Waals surface area contributed by atoms with E-state index in [1.807, 2.05) is 0 Å². The van der Waals surface area contributed by atoms with Gasteiger partial charge in [-0.2, -0.15) is 0 Å². The summed E-state index contributed by atoms with van der Waals surface area (Å²) in [6, 6.07) is 9.29. The van der Waals surface area contributed by atoms with Crippen LogP contribution < -0.4 is 5.32 Å². The third-order valence-electron chi connectivity index (χ3n) is 3.42. The smallest absolute Gasteiger partial charge is 0.0299 e. The lowest BCUT2D eigenvalue weighted by Gasteiger charge is -2.28. The number of hydrogen-bond acceptors (Lipinski definition) is 1. The van der Waals surface area contributed by atoms with Gasteiger partial charge in [-0.15, -0.1) is 0 Å². The van der Waals surface area contributed by atoms with Gasteiger partial charge in [-0.25, -0.2) is 0 Å². The van der Waals surface area contributed by atoms with E-state index in [-0.39, 0.29) is 5.54 Å². The van der Waals surface area contributed by atoms with Crippen LogP contribution in [0, 0.1) is 0 Å². The first kappa shape index (κ1) is 10.7. The second-order valence-corrected chi connectivity index (χ2v) is 5.48. The van der Waals surface area contributed by atoms with Crippen LogP contribution in [0.1, 0.15) is 57.2 Å². The van der Waals surface area contributed by atoms with Crippen LogP contribution in [-0.4, -0.2) is 5.54 Å². The van der Waals surface area contributed by atoms with E-state index in [0.29, 0.717) is 12.0 Å². The van der Waals surface area contributed by atoms with Gasteiger partial charge in [0, 0.05) is 11.6 Å². The molecular weight excluding hydrogens is 182 g/mol. The minimum atomic E-state index is 0.234. The largest absolute Gasteiger partial charge is 0.305 e. The third-order valence-corrected chi connectivity index (χ3v) is 3.42.